The molecule has 0 aromatic rings. The van der Waals surface area contributed by atoms with Gasteiger partial charge >= 0.3 is 0 Å². The van der Waals surface area contributed by atoms with E-state index in [1.54, 1.807) is 16.8 Å². The Bertz CT molecular complexity index is 382. The molecule has 2 saturated carbocycles. The Labute approximate surface area is 107 Å². The maximum atomic E-state index is 12.5. The average molecular weight is 251 g/mol. The third-order valence-corrected chi connectivity index (χ3v) is 5.03. The van der Waals surface area contributed by atoms with Gasteiger partial charge in [0.25, 0.3) is 0 Å². The summed E-state index contributed by atoms with van der Waals surface area (Å²) in [5.41, 5.74) is 6.19. The first-order valence-electron chi connectivity index (χ1n) is 6.86. The molecule has 3 rings (SSSR count). The summed E-state index contributed by atoms with van der Waals surface area (Å²) in [6.07, 6.45) is 3.42. The summed E-state index contributed by atoms with van der Waals surface area (Å²) in [4.78, 5) is 27.6. The molecule has 0 aromatic carbocycles. The molecular weight excluding hydrogens is 230 g/mol. The normalized spacial score (nSPS) is 39.6. The zero-order valence-electron chi connectivity index (χ0n) is 10.8. The Kier molecular flexibility index (Phi) is 2.81. The van der Waals surface area contributed by atoms with Crippen LogP contribution in [0, 0.1) is 17.8 Å². The first-order chi connectivity index (χ1) is 8.58. The van der Waals surface area contributed by atoms with Crippen LogP contribution in [0.15, 0.2) is 0 Å². The number of carbonyl (C=O) groups excluding carboxylic acids is 2. The van der Waals surface area contributed by atoms with E-state index in [2.05, 4.69) is 0 Å². The Morgan fingerprint density at radius 3 is 2.61 bits per heavy atom. The highest BCUT2D eigenvalue weighted by atomic mass is 16.2. The second kappa shape index (κ2) is 4.23. The van der Waals surface area contributed by atoms with Crippen LogP contribution >= 0.6 is 0 Å². The molecule has 2 bridgehead atoms. The Hall–Kier alpha value is -1.10. The fourth-order valence-electron chi connectivity index (χ4n) is 3.86. The third-order valence-electron chi connectivity index (χ3n) is 5.03. The molecular formula is C13H21N3O2. The van der Waals surface area contributed by atoms with Crippen molar-refractivity contribution in [1.29, 1.82) is 0 Å². The summed E-state index contributed by atoms with van der Waals surface area (Å²) in [6.45, 7) is 1.53. The van der Waals surface area contributed by atoms with Crippen LogP contribution in [0.25, 0.3) is 0 Å². The number of fused-ring (bicyclic) bond motifs is 2. The van der Waals surface area contributed by atoms with Gasteiger partial charge in [-0.2, -0.15) is 0 Å². The lowest BCUT2D eigenvalue weighted by atomic mass is 9.84. The lowest BCUT2D eigenvalue weighted by molar-refractivity contribution is -0.148. The van der Waals surface area contributed by atoms with Gasteiger partial charge in [0.15, 0.2) is 0 Å². The molecule has 100 valence electrons. The number of amides is 2. The van der Waals surface area contributed by atoms with Crippen LogP contribution in [0.5, 0.6) is 0 Å². The molecule has 3 aliphatic rings. The summed E-state index contributed by atoms with van der Waals surface area (Å²) in [5, 5.41) is 0. The molecule has 18 heavy (non-hydrogen) atoms. The molecule has 3 fully saturated rings. The first kappa shape index (κ1) is 12.0. The molecule has 1 aliphatic heterocycles. The fraction of sp³-hybridized carbons (Fsp3) is 0.846. The fourth-order valence-corrected chi connectivity index (χ4v) is 3.86. The van der Waals surface area contributed by atoms with E-state index in [9.17, 15) is 9.59 Å². The Morgan fingerprint density at radius 1 is 1.28 bits per heavy atom. The van der Waals surface area contributed by atoms with Crippen molar-refractivity contribution in [2.24, 2.45) is 23.5 Å². The van der Waals surface area contributed by atoms with Gasteiger partial charge in [0, 0.05) is 26.2 Å². The van der Waals surface area contributed by atoms with Gasteiger partial charge in [0.05, 0.1) is 12.5 Å². The summed E-state index contributed by atoms with van der Waals surface area (Å²) in [7, 11) is 1.79. The van der Waals surface area contributed by atoms with Crippen molar-refractivity contribution >= 4 is 11.8 Å². The molecule has 0 aromatic heterocycles. The van der Waals surface area contributed by atoms with Crippen LogP contribution in [0.2, 0.25) is 0 Å². The highest BCUT2D eigenvalue weighted by molar-refractivity contribution is 5.87. The SMILES string of the molecule is CN1CCN(C(=O)C2C3CCC(C3)C2N)CC1=O. The number of hydrogen-bond acceptors (Lipinski definition) is 3. The predicted molar refractivity (Wildman–Crippen MR) is 66.5 cm³/mol. The molecule has 0 radical (unpaired) electrons. The average Bonchev–Trinajstić information content (AvgIpc) is 2.92. The maximum Gasteiger partial charge on any atom is 0.241 e. The molecule has 1 heterocycles. The van der Waals surface area contributed by atoms with E-state index in [4.69, 9.17) is 5.73 Å². The molecule has 4 unspecified atom stereocenters. The summed E-state index contributed by atoms with van der Waals surface area (Å²) in [5.74, 6) is 1.13. The van der Waals surface area contributed by atoms with Crippen molar-refractivity contribution in [3.05, 3.63) is 0 Å². The van der Waals surface area contributed by atoms with E-state index >= 15 is 0 Å². The smallest absolute Gasteiger partial charge is 0.241 e. The zero-order chi connectivity index (χ0) is 12.9. The van der Waals surface area contributed by atoms with Crippen LogP contribution < -0.4 is 5.73 Å². The minimum absolute atomic E-state index is 0.0195. The summed E-state index contributed by atoms with van der Waals surface area (Å²) >= 11 is 0. The highest BCUT2D eigenvalue weighted by Crippen LogP contribution is 2.48. The van der Waals surface area contributed by atoms with E-state index in [1.807, 2.05) is 0 Å². The molecule has 4 atom stereocenters. The van der Waals surface area contributed by atoms with Crippen molar-refractivity contribution in [2.75, 3.05) is 26.7 Å². The van der Waals surface area contributed by atoms with Crippen LogP contribution in [0.3, 0.4) is 0 Å². The zero-order valence-corrected chi connectivity index (χ0v) is 10.8. The Morgan fingerprint density at radius 2 is 2.00 bits per heavy atom. The van der Waals surface area contributed by atoms with Crippen molar-refractivity contribution in [3.63, 3.8) is 0 Å². The molecule has 2 aliphatic carbocycles. The maximum absolute atomic E-state index is 12.5. The number of piperazine rings is 1. The van der Waals surface area contributed by atoms with E-state index in [0.717, 1.165) is 12.8 Å². The topological polar surface area (TPSA) is 66.6 Å². The van der Waals surface area contributed by atoms with Crippen molar-refractivity contribution in [2.45, 2.75) is 25.3 Å². The minimum atomic E-state index is -0.0278. The second-order valence-electron chi connectivity index (χ2n) is 6.01. The number of carbonyl (C=O) groups is 2. The van der Waals surface area contributed by atoms with Gasteiger partial charge in [-0.3, -0.25) is 9.59 Å². The standard InChI is InChI=1S/C13H21N3O2/c1-15-4-5-16(7-10(15)17)13(18)11-8-2-3-9(6-8)12(11)14/h8-9,11-12H,2-7,14H2,1H3. The summed E-state index contributed by atoms with van der Waals surface area (Å²) < 4.78 is 0. The number of rotatable bonds is 1. The largest absolute Gasteiger partial charge is 0.342 e. The van der Waals surface area contributed by atoms with Gasteiger partial charge in [-0.25, -0.2) is 0 Å². The molecule has 0 spiro atoms. The van der Waals surface area contributed by atoms with Gasteiger partial charge < -0.3 is 15.5 Å². The number of nitrogens with zero attached hydrogens (tertiary/aromatic N) is 2. The van der Waals surface area contributed by atoms with E-state index in [-0.39, 0.29) is 30.3 Å². The van der Waals surface area contributed by atoms with Crippen LogP contribution in [-0.2, 0) is 9.59 Å². The monoisotopic (exact) mass is 251 g/mol. The van der Waals surface area contributed by atoms with Crippen molar-refractivity contribution in [3.8, 4) is 0 Å². The van der Waals surface area contributed by atoms with Gasteiger partial charge in [-0.1, -0.05) is 0 Å². The molecule has 5 nitrogen and oxygen atoms in total. The third kappa shape index (κ3) is 1.72. The number of nitrogens with two attached hydrogens (primary N) is 1. The molecule has 5 heteroatoms. The summed E-state index contributed by atoms with van der Waals surface area (Å²) in [6, 6.07) is 0.0195. The van der Waals surface area contributed by atoms with Crippen molar-refractivity contribution in [1.82, 2.24) is 9.80 Å². The van der Waals surface area contributed by atoms with Gasteiger partial charge in [0.2, 0.25) is 11.8 Å². The minimum Gasteiger partial charge on any atom is -0.342 e. The van der Waals surface area contributed by atoms with Crippen LogP contribution in [0.1, 0.15) is 19.3 Å². The quantitative estimate of drug-likeness (QED) is 0.693. The number of likely N-dealkylation sites (N-methyl/N-ethyl adjacent to an activating group) is 1. The lowest BCUT2D eigenvalue weighted by Gasteiger charge is -2.36. The first-order valence-corrected chi connectivity index (χ1v) is 6.86. The highest BCUT2D eigenvalue weighted by Gasteiger charge is 2.50. The number of hydrogen-bond donors (Lipinski definition) is 1. The predicted octanol–water partition coefficient (Wildman–Crippen LogP) is -0.340. The molecule has 1 saturated heterocycles. The van der Waals surface area contributed by atoms with Crippen molar-refractivity contribution < 1.29 is 9.59 Å². The van der Waals surface area contributed by atoms with Crippen LogP contribution in [0.4, 0.5) is 0 Å². The molecule has 2 N–H and O–H groups in total. The second-order valence-corrected chi connectivity index (χ2v) is 6.01. The van der Waals surface area contributed by atoms with Gasteiger partial charge in [-0.15, -0.1) is 0 Å². The van der Waals surface area contributed by atoms with Gasteiger partial charge in [-0.05, 0) is 31.1 Å². The van der Waals surface area contributed by atoms with E-state index in [1.165, 1.54) is 6.42 Å². The van der Waals surface area contributed by atoms with E-state index < -0.39 is 0 Å². The lowest BCUT2D eigenvalue weighted by Crippen LogP contribution is -2.55. The van der Waals surface area contributed by atoms with Gasteiger partial charge in [0.1, 0.15) is 0 Å². The van der Waals surface area contributed by atoms with Crippen LogP contribution in [-0.4, -0.2) is 54.3 Å². The van der Waals surface area contributed by atoms with E-state index in [0.29, 0.717) is 24.9 Å². The molecule has 2 amide bonds. The Balaban J connectivity index is 1.70.